The molecule has 0 saturated heterocycles. The summed E-state index contributed by atoms with van der Waals surface area (Å²) in [6.07, 6.45) is 0. The van der Waals surface area contributed by atoms with Crippen LogP contribution in [-0.4, -0.2) is 11.1 Å². The Morgan fingerprint density at radius 2 is 1.63 bits per heavy atom. The summed E-state index contributed by atoms with van der Waals surface area (Å²) in [5.41, 5.74) is 0.00890. The van der Waals surface area contributed by atoms with E-state index in [1.807, 2.05) is 0 Å². The van der Waals surface area contributed by atoms with E-state index in [0.717, 1.165) is 0 Å². The van der Waals surface area contributed by atoms with Gasteiger partial charge in [-0.1, -0.05) is 46.9 Å². The molecule has 0 aliphatic rings. The van der Waals surface area contributed by atoms with Crippen LogP contribution < -0.4 is 4.74 Å². The van der Waals surface area contributed by atoms with Crippen molar-refractivity contribution in [3.63, 3.8) is 0 Å². The number of ether oxygens (including phenoxy) is 1. The average Bonchev–Trinajstić information content (AvgIpc) is 2.39. The Morgan fingerprint density at radius 3 is 2.32 bits per heavy atom. The highest BCUT2D eigenvalue weighted by Crippen LogP contribution is 2.41. The maximum absolute atomic E-state index is 11.1. The van der Waals surface area contributed by atoms with Crippen LogP contribution >= 0.6 is 34.8 Å². The average molecular weight is 318 g/mol. The number of rotatable bonds is 3. The third kappa shape index (κ3) is 2.95. The highest BCUT2D eigenvalue weighted by Gasteiger charge is 2.16. The van der Waals surface area contributed by atoms with Gasteiger partial charge in [0.2, 0.25) is 0 Å². The van der Waals surface area contributed by atoms with Crippen molar-refractivity contribution in [1.29, 1.82) is 0 Å². The molecule has 0 amide bonds. The van der Waals surface area contributed by atoms with Gasteiger partial charge in [0, 0.05) is 0 Å². The zero-order valence-electron chi connectivity index (χ0n) is 9.36. The molecule has 2 aromatic carbocycles. The largest absolute Gasteiger partial charge is 0.478 e. The maximum Gasteiger partial charge on any atom is 0.339 e. The van der Waals surface area contributed by atoms with Crippen molar-refractivity contribution >= 4 is 40.8 Å². The third-order valence-electron chi connectivity index (χ3n) is 2.33. The minimum atomic E-state index is -1.11. The lowest BCUT2D eigenvalue weighted by Crippen LogP contribution is -2.00. The van der Waals surface area contributed by atoms with Crippen LogP contribution in [0.4, 0.5) is 0 Å². The summed E-state index contributed by atoms with van der Waals surface area (Å²) in [7, 11) is 0. The first-order valence-corrected chi connectivity index (χ1v) is 6.27. The fourth-order valence-corrected chi connectivity index (χ4v) is 2.04. The second-order valence-corrected chi connectivity index (χ2v) is 4.77. The molecule has 6 heteroatoms. The van der Waals surface area contributed by atoms with Gasteiger partial charge in [0.15, 0.2) is 5.75 Å². The smallest absolute Gasteiger partial charge is 0.339 e. The summed E-state index contributed by atoms with van der Waals surface area (Å²) in [6.45, 7) is 0. The molecule has 98 valence electrons. The summed E-state index contributed by atoms with van der Waals surface area (Å²) >= 11 is 17.8. The Labute approximate surface area is 124 Å². The molecule has 0 aromatic heterocycles. The fourth-order valence-electron chi connectivity index (χ4n) is 1.44. The van der Waals surface area contributed by atoms with Gasteiger partial charge in [0.1, 0.15) is 16.3 Å². The van der Waals surface area contributed by atoms with E-state index in [0.29, 0.717) is 0 Å². The molecule has 19 heavy (non-hydrogen) atoms. The van der Waals surface area contributed by atoms with Crippen molar-refractivity contribution in [3.8, 4) is 11.5 Å². The highest BCUT2D eigenvalue weighted by molar-refractivity contribution is 6.44. The second kappa shape index (κ2) is 5.70. The summed E-state index contributed by atoms with van der Waals surface area (Å²) in [5.74, 6) is -0.838. The molecule has 3 nitrogen and oxygen atoms in total. The normalized spacial score (nSPS) is 10.3. The van der Waals surface area contributed by atoms with Gasteiger partial charge in [-0.05, 0) is 24.3 Å². The number of para-hydroxylation sites is 1. The van der Waals surface area contributed by atoms with Gasteiger partial charge >= 0.3 is 5.97 Å². The van der Waals surface area contributed by atoms with Gasteiger partial charge in [-0.15, -0.1) is 0 Å². The standard InChI is InChI=1S/C13H7Cl3O3/c14-8-5-6-9(15)12(11(8)16)19-10-4-2-1-3-7(10)13(17)18/h1-6H,(H,17,18). The summed E-state index contributed by atoms with van der Waals surface area (Å²) in [4.78, 5) is 11.1. The number of carboxylic acids is 1. The van der Waals surface area contributed by atoms with Crippen molar-refractivity contribution < 1.29 is 14.6 Å². The van der Waals surface area contributed by atoms with Gasteiger partial charge < -0.3 is 9.84 Å². The van der Waals surface area contributed by atoms with Crippen molar-refractivity contribution in [2.24, 2.45) is 0 Å². The first-order valence-electron chi connectivity index (χ1n) is 5.14. The van der Waals surface area contributed by atoms with Crippen molar-refractivity contribution in [1.82, 2.24) is 0 Å². The zero-order chi connectivity index (χ0) is 14.0. The predicted molar refractivity (Wildman–Crippen MR) is 74.9 cm³/mol. The van der Waals surface area contributed by atoms with Crippen LogP contribution in [0.1, 0.15) is 10.4 Å². The fraction of sp³-hybridized carbons (Fsp3) is 0. The van der Waals surface area contributed by atoms with Gasteiger partial charge in [-0.25, -0.2) is 4.79 Å². The molecule has 2 aromatic rings. The van der Waals surface area contributed by atoms with Crippen molar-refractivity contribution in [2.75, 3.05) is 0 Å². The van der Waals surface area contributed by atoms with Gasteiger partial charge in [-0.3, -0.25) is 0 Å². The van der Waals surface area contributed by atoms with Crippen LogP contribution in [0.5, 0.6) is 11.5 Å². The van der Waals surface area contributed by atoms with Crippen LogP contribution in [-0.2, 0) is 0 Å². The molecule has 1 N–H and O–H groups in total. The van der Waals surface area contributed by atoms with Gasteiger partial charge in [-0.2, -0.15) is 0 Å². The molecule has 0 aliphatic heterocycles. The Bertz CT molecular complexity index is 641. The van der Waals surface area contributed by atoms with E-state index in [2.05, 4.69) is 0 Å². The zero-order valence-corrected chi connectivity index (χ0v) is 11.6. The monoisotopic (exact) mass is 316 g/mol. The predicted octanol–water partition coefficient (Wildman–Crippen LogP) is 5.14. The first-order chi connectivity index (χ1) is 9.00. The van der Waals surface area contributed by atoms with E-state index >= 15 is 0 Å². The molecule has 0 bridgehead atoms. The number of hydrogen-bond acceptors (Lipinski definition) is 2. The Kier molecular flexibility index (Phi) is 4.20. The van der Waals surface area contributed by atoms with Gasteiger partial charge in [0.05, 0.1) is 10.0 Å². The highest BCUT2D eigenvalue weighted by atomic mass is 35.5. The van der Waals surface area contributed by atoms with Crippen LogP contribution in [0, 0.1) is 0 Å². The number of carboxylic acid groups (broad SMARTS) is 1. The van der Waals surface area contributed by atoms with Crippen LogP contribution in [0.25, 0.3) is 0 Å². The molecule has 0 radical (unpaired) electrons. The first kappa shape index (κ1) is 14.0. The molecular weight excluding hydrogens is 310 g/mol. The van der Waals surface area contributed by atoms with Crippen LogP contribution in [0.15, 0.2) is 36.4 Å². The lowest BCUT2D eigenvalue weighted by atomic mass is 10.2. The number of benzene rings is 2. The number of carbonyl (C=O) groups is 1. The van der Waals surface area contributed by atoms with E-state index < -0.39 is 5.97 Å². The maximum atomic E-state index is 11.1. The summed E-state index contributed by atoms with van der Waals surface area (Å²) in [5, 5.41) is 9.72. The van der Waals surface area contributed by atoms with E-state index in [4.69, 9.17) is 44.6 Å². The molecule has 2 rings (SSSR count). The Morgan fingerprint density at radius 1 is 1.00 bits per heavy atom. The van der Waals surface area contributed by atoms with Gasteiger partial charge in [0.25, 0.3) is 0 Å². The number of halogens is 3. The molecule has 0 heterocycles. The second-order valence-electron chi connectivity index (χ2n) is 3.58. The molecule has 0 fully saturated rings. The van der Waals surface area contributed by atoms with Crippen molar-refractivity contribution in [3.05, 3.63) is 57.0 Å². The van der Waals surface area contributed by atoms with E-state index in [1.165, 1.54) is 24.3 Å². The topological polar surface area (TPSA) is 46.5 Å². The molecule has 0 unspecified atom stereocenters. The van der Waals surface area contributed by atoms with Crippen LogP contribution in [0.2, 0.25) is 15.1 Å². The SMILES string of the molecule is O=C(O)c1ccccc1Oc1c(Cl)ccc(Cl)c1Cl. The van der Waals surface area contributed by atoms with Crippen molar-refractivity contribution in [2.45, 2.75) is 0 Å². The summed E-state index contributed by atoms with van der Waals surface area (Å²) < 4.78 is 5.48. The molecule has 0 saturated carbocycles. The Balaban J connectivity index is 2.48. The van der Waals surface area contributed by atoms with E-state index in [9.17, 15) is 4.79 Å². The summed E-state index contributed by atoms with van der Waals surface area (Å²) in [6, 6.07) is 9.23. The number of aromatic carboxylic acids is 1. The quantitative estimate of drug-likeness (QED) is 0.797. The van der Waals surface area contributed by atoms with E-state index in [-0.39, 0.29) is 32.1 Å². The molecule has 0 spiro atoms. The Hall–Kier alpha value is -1.42. The minimum Gasteiger partial charge on any atom is -0.478 e. The number of hydrogen-bond donors (Lipinski definition) is 1. The molecular formula is C13H7Cl3O3. The lowest BCUT2D eigenvalue weighted by Gasteiger charge is -2.12. The van der Waals surface area contributed by atoms with E-state index in [1.54, 1.807) is 12.1 Å². The molecule has 0 aliphatic carbocycles. The minimum absolute atomic E-state index is 0.00890. The van der Waals surface area contributed by atoms with Crippen LogP contribution in [0.3, 0.4) is 0 Å². The third-order valence-corrected chi connectivity index (χ3v) is 3.42. The molecule has 0 atom stereocenters. The lowest BCUT2D eigenvalue weighted by molar-refractivity contribution is 0.0694.